The van der Waals surface area contributed by atoms with Gasteiger partial charge in [-0.1, -0.05) is 0 Å². The fourth-order valence-corrected chi connectivity index (χ4v) is 3.33. The summed E-state index contributed by atoms with van der Waals surface area (Å²) in [5.74, 6) is 0.830. The Balaban J connectivity index is 2.04. The SMILES string of the molecule is Cc1cc(C(=O)N2CCSc3ccc(N)cc32)c(C)nn1. The summed E-state index contributed by atoms with van der Waals surface area (Å²) in [6.45, 7) is 4.31. The van der Waals surface area contributed by atoms with Crippen molar-refractivity contribution in [2.75, 3.05) is 22.9 Å². The Kier molecular flexibility index (Phi) is 3.55. The number of carbonyl (C=O) groups excluding carboxylic acids is 1. The van der Waals surface area contributed by atoms with Crippen molar-refractivity contribution in [1.29, 1.82) is 0 Å². The number of carbonyl (C=O) groups is 1. The molecule has 1 aromatic carbocycles. The minimum absolute atomic E-state index is 0.0438. The van der Waals surface area contributed by atoms with Gasteiger partial charge in [0, 0.05) is 22.9 Å². The van der Waals surface area contributed by atoms with E-state index in [0.717, 1.165) is 22.0 Å². The highest BCUT2D eigenvalue weighted by Gasteiger charge is 2.25. The first-order chi connectivity index (χ1) is 10.1. The molecule has 108 valence electrons. The summed E-state index contributed by atoms with van der Waals surface area (Å²) >= 11 is 1.74. The van der Waals surface area contributed by atoms with Crippen molar-refractivity contribution < 1.29 is 4.79 Å². The van der Waals surface area contributed by atoms with E-state index in [4.69, 9.17) is 5.73 Å². The Hall–Kier alpha value is -2.08. The highest BCUT2D eigenvalue weighted by atomic mass is 32.2. The molecule has 2 aromatic rings. The van der Waals surface area contributed by atoms with E-state index in [0.29, 0.717) is 23.5 Å². The van der Waals surface area contributed by atoms with Crippen LogP contribution in [-0.2, 0) is 0 Å². The van der Waals surface area contributed by atoms with E-state index in [1.54, 1.807) is 29.7 Å². The number of rotatable bonds is 1. The second-order valence-electron chi connectivity index (χ2n) is 5.02. The van der Waals surface area contributed by atoms with Crippen molar-refractivity contribution in [2.24, 2.45) is 0 Å². The molecule has 5 nitrogen and oxygen atoms in total. The molecule has 6 heteroatoms. The number of nitrogen functional groups attached to an aromatic ring is 1. The largest absolute Gasteiger partial charge is 0.399 e. The van der Waals surface area contributed by atoms with Gasteiger partial charge in [-0.15, -0.1) is 11.8 Å². The summed E-state index contributed by atoms with van der Waals surface area (Å²) in [6.07, 6.45) is 0. The van der Waals surface area contributed by atoms with Gasteiger partial charge >= 0.3 is 0 Å². The third-order valence-corrected chi connectivity index (χ3v) is 4.47. The highest BCUT2D eigenvalue weighted by Crippen LogP contribution is 2.36. The standard InChI is InChI=1S/C15H16N4OS/c1-9-7-12(10(2)18-17-9)15(20)19-5-6-21-14-4-3-11(16)8-13(14)19/h3-4,7-8H,5-6,16H2,1-2H3. The maximum absolute atomic E-state index is 12.9. The Morgan fingerprint density at radius 2 is 2.10 bits per heavy atom. The second-order valence-corrected chi connectivity index (χ2v) is 6.15. The van der Waals surface area contributed by atoms with Gasteiger partial charge in [-0.25, -0.2) is 0 Å². The minimum atomic E-state index is -0.0438. The molecule has 0 aliphatic carbocycles. The Morgan fingerprint density at radius 3 is 2.90 bits per heavy atom. The lowest BCUT2D eigenvalue weighted by atomic mass is 10.1. The topological polar surface area (TPSA) is 72.1 Å². The fourth-order valence-electron chi connectivity index (χ4n) is 2.36. The molecule has 0 bridgehead atoms. The number of nitrogens with two attached hydrogens (primary N) is 1. The van der Waals surface area contributed by atoms with Crippen LogP contribution in [0.25, 0.3) is 0 Å². The van der Waals surface area contributed by atoms with Crippen molar-refractivity contribution >= 4 is 29.0 Å². The summed E-state index contributed by atoms with van der Waals surface area (Å²) in [5, 5.41) is 8.02. The number of thioether (sulfide) groups is 1. The van der Waals surface area contributed by atoms with Crippen LogP contribution in [0.4, 0.5) is 11.4 Å². The number of anilines is 2. The molecule has 1 aliphatic rings. The van der Waals surface area contributed by atoms with Gasteiger partial charge in [-0.2, -0.15) is 10.2 Å². The van der Waals surface area contributed by atoms with Gasteiger partial charge < -0.3 is 10.6 Å². The number of nitrogens with zero attached hydrogens (tertiary/aromatic N) is 3. The van der Waals surface area contributed by atoms with Crippen LogP contribution in [0, 0.1) is 13.8 Å². The van der Waals surface area contributed by atoms with Gasteiger partial charge in [0.2, 0.25) is 0 Å². The third-order valence-electron chi connectivity index (χ3n) is 3.42. The minimum Gasteiger partial charge on any atom is -0.399 e. The number of benzene rings is 1. The van der Waals surface area contributed by atoms with Crippen molar-refractivity contribution in [1.82, 2.24) is 10.2 Å². The van der Waals surface area contributed by atoms with Crippen LogP contribution in [-0.4, -0.2) is 28.4 Å². The number of fused-ring (bicyclic) bond motifs is 1. The molecular weight excluding hydrogens is 284 g/mol. The number of hydrogen-bond donors (Lipinski definition) is 1. The maximum atomic E-state index is 12.9. The Labute approximate surface area is 127 Å². The van der Waals surface area contributed by atoms with E-state index in [1.807, 2.05) is 25.1 Å². The molecular formula is C15H16N4OS. The van der Waals surface area contributed by atoms with Crippen LogP contribution < -0.4 is 10.6 Å². The molecule has 1 amide bonds. The Bertz CT molecular complexity index is 717. The highest BCUT2D eigenvalue weighted by molar-refractivity contribution is 7.99. The average Bonchev–Trinajstić information content (AvgIpc) is 2.48. The van der Waals surface area contributed by atoms with Crippen LogP contribution in [0.15, 0.2) is 29.2 Å². The van der Waals surface area contributed by atoms with Crippen LogP contribution in [0.3, 0.4) is 0 Å². The first-order valence-corrected chi connectivity index (χ1v) is 7.70. The summed E-state index contributed by atoms with van der Waals surface area (Å²) < 4.78 is 0. The zero-order valence-electron chi connectivity index (χ0n) is 12.0. The fraction of sp³-hybridized carbons (Fsp3) is 0.267. The molecule has 0 unspecified atom stereocenters. The van der Waals surface area contributed by atoms with Crippen LogP contribution >= 0.6 is 11.8 Å². The zero-order valence-corrected chi connectivity index (χ0v) is 12.8. The molecule has 0 atom stereocenters. The predicted molar refractivity (Wildman–Crippen MR) is 84.8 cm³/mol. The summed E-state index contributed by atoms with van der Waals surface area (Å²) in [6, 6.07) is 7.48. The number of aromatic nitrogens is 2. The second kappa shape index (κ2) is 5.37. The molecule has 0 saturated heterocycles. The van der Waals surface area contributed by atoms with E-state index >= 15 is 0 Å². The van der Waals surface area contributed by atoms with Crippen molar-refractivity contribution in [3.05, 3.63) is 41.2 Å². The molecule has 0 fully saturated rings. The zero-order chi connectivity index (χ0) is 15.0. The molecule has 0 radical (unpaired) electrons. The van der Waals surface area contributed by atoms with Crippen LogP contribution in [0.1, 0.15) is 21.7 Å². The van der Waals surface area contributed by atoms with E-state index < -0.39 is 0 Å². The maximum Gasteiger partial charge on any atom is 0.260 e. The van der Waals surface area contributed by atoms with Crippen molar-refractivity contribution in [2.45, 2.75) is 18.7 Å². The molecule has 0 spiro atoms. The Morgan fingerprint density at radius 1 is 1.29 bits per heavy atom. The smallest absolute Gasteiger partial charge is 0.260 e. The van der Waals surface area contributed by atoms with Crippen molar-refractivity contribution in [3.63, 3.8) is 0 Å². The van der Waals surface area contributed by atoms with Gasteiger partial charge in [0.05, 0.1) is 22.6 Å². The van der Waals surface area contributed by atoms with Crippen molar-refractivity contribution in [3.8, 4) is 0 Å². The van der Waals surface area contributed by atoms with Crippen LogP contribution in [0.5, 0.6) is 0 Å². The first-order valence-electron chi connectivity index (χ1n) is 6.71. The molecule has 2 N–H and O–H groups in total. The molecule has 1 aromatic heterocycles. The molecule has 3 rings (SSSR count). The van der Waals surface area contributed by atoms with Gasteiger partial charge in [-0.05, 0) is 38.1 Å². The summed E-state index contributed by atoms with van der Waals surface area (Å²) in [7, 11) is 0. The van der Waals surface area contributed by atoms with Crippen LogP contribution in [0.2, 0.25) is 0 Å². The average molecular weight is 300 g/mol. The number of amides is 1. The lowest BCUT2D eigenvalue weighted by Crippen LogP contribution is -2.36. The monoisotopic (exact) mass is 300 g/mol. The normalized spacial score (nSPS) is 13.9. The summed E-state index contributed by atoms with van der Waals surface area (Å²) in [4.78, 5) is 15.7. The quantitative estimate of drug-likeness (QED) is 0.819. The van der Waals surface area contributed by atoms with E-state index in [9.17, 15) is 4.79 Å². The van der Waals surface area contributed by atoms with E-state index in [2.05, 4.69) is 10.2 Å². The van der Waals surface area contributed by atoms with Gasteiger partial charge in [0.15, 0.2) is 0 Å². The lowest BCUT2D eigenvalue weighted by molar-refractivity contribution is 0.0986. The number of aryl methyl sites for hydroxylation is 2. The lowest BCUT2D eigenvalue weighted by Gasteiger charge is -2.29. The van der Waals surface area contributed by atoms with Gasteiger partial charge in [0.1, 0.15) is 0 Å². The van der Waals surface area contributed by atoms with Gasteiger partial charge in [-0.3, -0.25) is 4.79 Å². The van der Waals surface area contributed by atoms with E-state index in [1.165, 1.54) is 0 Å². The summed E-state index contributed by atoms with van der Waals surface area (Å²) in [5.41, 5.74) is 9.40. The van der Waals surface area contributed by atoms with E-state index in [-0.39, 0.29) is 5.91 Å². The third kappa shape index (κ3) is 2.58. The molecule has 21 heavy (non-hydrogen) atoms. The van der Waals surface area contributed by atoms with Gasteiger partial charge in [0.25, 0.3) is 5.91 Å². The predicted octanol–water partition coefficient (Wildman–Crippen LogP) is 2.43. The molecule has 2 heterocycles. The first kappa shape index (κ1) is 13.9. The number of hydrogen-bond acceptors (Lipinski definition) is 5. The molecule has 0 saturated carbocycles. The molecule has 1 aliphatic heterocycles.